The van der Waals surface area contributed by atoms with Crippen molar-refractivity contribution >= 4 is 45.1 Å². The number of carbonyl (C=O) groups is 2. The number of fused-ring (bicyclic) bond motifs is 3. The first kappa shape index (κ1) is 19.9. The number of amides is 2. The van der Waals surface area contributed by atoms with E-state index in [2.05, 4.69) is 10.3 Å². The molecule has 1 aliphatic carbocycles. The van der Waals surface area contributed by atoms with E-state index in [0.29, 0.717) is 18.2 Å². The summed E-state index contributed by atoms with van der Waals surface area (Å²) in [6.07, 6.45) is 3.07. The second-order valence-corrected chi connectivity index (χ2v) is 8.47. The lowest BCUT2D eigenvalue weighted by atomic mass is 10.2. The SMILES string of the molecule is CCNC(=O)CN(CC)C(=O)CSc1nc2sc3c(c2c(=O)n1C)CCC3. The highest BCUT2D eigenvalue weighted by Crippen LogP contribution is 2.35. The van der Waals surface area contributed by atoms with Crippen LogP contribution in [0.25, 0.3) is 10.2 Å². The van der Waals surface area contributed by atoms with Crippen molar-refractivity contribution in [1.82, 2.24) is 19.8 Å². The van der Waals surface area contributed by atoms with Crippen LogP contribution in [0.2, 0.25) is 0 Å². The number of rotatable bonds is 7. The van der Waals surface area contributed by atoms with E-state index in [1.807, 2.05) is 13.8 Å². The minimum atomic E-state index is -0.169. The molecule has 0 aromatic carbocycles. The fraction of sp³-hybridized carbons (Fsp3) is 0.556. The van der Waals surface area contributed by atoms with Gasteiger partial charge >= 0.3 is 0 Å². The summed E-state index contributed by atoms with van der Waals surface area (Å²) in [5.74, 6) is -0.168. The van der Waals surface area contributed by atoms with Gasteiger partial charge in [0.25, 0.3) is 5.56 Å². The summed E-state index contributed by atoms with van der Waals surface area (Å²) >= 11 is 2.84. The number of hydrogen-bond donors (Lipinski definition) is 1. The number of likely N-dealkylation sites (N-methyl/N-ethyl adjacent to an activating group) is 2. The van der Waals surface area contributed by atoms with Crippen LogP contribution in [0.1, 0.15) is 30.7 Å². The molecule has 146 valence electrons. The Hall–Kier alpha value is -1.87. The molecule has 3 rings (SSSR count). The number of nitrogens with zero attached hydrogens (tertiary/aromatic N) is 3. The molecule has 0 spiro atoms. The monoisotopic (exact) mass is 408 g/mol. The maximum atomic E-state index is 12.8. The quantitative estimate of drug-likeness (QED) is 0.555. The summed E-state index contributed by atoms with van der Waals surface area (Å²) < 4.78 is 1.53. The number of thioether (sulfide) groups is 1. The summed E-state index contributed by atoms with van der Waals surface area (Å²) in [6.45, 7) is 4.73. The van der Waals surface area contributed by atoms with Crippen LogP contribution in [0.3, 0.4) is 0 Å². The molecular weight excluding hydrogens is 384 g/mol. The van der Waals surface area contributed by atoms with Crippen molar-refractivity contribution in [2.75, 3.05) is 25.4 Å². The fourth-order valence-corrected chi connectivity index (χ4v) is 5.43. The first-order valence-electron chi connectivity index (χ1n) is 9.14. The molecule has 0 bridgehead atoms. The van der Waals surface area contributed by atoms with Gasteiger partial charge in [-0.1, -0.05) is 11.8 Å². The van der Waals surface area contributed by atoms with Gasteiger partial charge in [0.15, 0.2) is 5.16 Å². The first-order chi connectivity index (χ1) is 13.0. The van der Waals surface area contributed by atoms with E-state index in [0.717, 1.165) is 35.0 Å². The van der Waals surface area contributed by atoms with Crippen LogP contribution in [-0.4, -0.2) is 51.7 Å². The van der Waals surface area contributed by atoms with Crippen LogP contribution in [-0.2, 0) is 29.5 Å². The van der Waals surface area contributed by atoms with Crippen LogP contribution in [0.5, 0.6) is 0 Å². The van der Waals surface area contributed by atoms with Crippen LogP contribution >= 0.6 is 23.1 Å². The van der Waals surface area contributed by atoms with Crippen LogP contribution in [0.15, 0.2) is 9.95 Å². The van der Waals surface area contributed by atoms with Gasteiger partial charge in [0.1, 0.15) is 4.83 Å². The van der Waals surface area contributed by atoms with Crippen molar-refractivity contribution in [2.24, 2.45) is 7.05 Å². The molecule has 7 nitrogen and oxygen atoms in total. The highest BCUT2D eigenvalue weighted by atomic mass is 32.2. The van der Waals surface area contributed by atoms with Gasteiger partial charge in [-0.3, -0.25) is 19.0 Å². The number of thiophene rings is 1. The van der Waals surface area contributed by atoms with E-state index in [4.69, 9.17) is 0 Å². The zero-order chi connectivity index (χ0) is 19.6. The Morgan fingerprint density at radius 3 is 2.81 bits per heavy atom. The molecule has 0 aliphatic heterocycles. The molecule has 0 saturated carbocycles. The average Bonchev–Trinajstić information content (AvgIpc) is 3.22. The van der Waals surface area contributed by atoms with Gasteiger partial charge in [-0.2, -0.15) is 0 Å². The molecule has 1 N–H and O–H groups in total. The maximum Gasteiger partial charge on any atom is 0.262 e. The maximum absolute atomic E-state index is 12.8. The van der Waals surface area contributed by atoms with Crippen molar-refractivity contribution in [3.05, 3.63) is 20.8 Å². The second-order valence-electron chi connectivity index (χ2n) is 6.45. The predicted octanol–water partition coefficient (Wildman–Crippen LogP) is 1.56. The molecule has 1 aliphatic rings. The molecule has 0 saturated heterocycles. The number of nitrogens with one attached hydrogen (secondary N) is 1. The van der Waals surface area contributed by atoms with Gasteiger partial charge in [0.05, 0.1) is 17.7 Å². The van der Waals surface area contributed by atoms with Crippen molar-refractivity contribution < 1.29 is 9.59 Å². The van der Waals surface area contributed by atoms with Gasteiger partial charge < -0.3 is 10.2 Å². The van der Waals surface area contributed by atoms with Gasteiger partial charge in [-0.25, -0.2) is 4.98 Å². The Morgan fingerprint density at radius 2 is 2.11 bits per heavy atom. The minimum absolute atomic E-state index is 0.0379. The molecular formula is C18H24N4O3S2. The topological polar surface area (TPSA) is 84.3 Å². The summed E-state index contributed by atoms with van der Waals surface area (Å²) in [4.78, 5) is 45.2. The average molecular weight is 409 g/mol. The number of aromatic nitrogens is 2. The molecule has 0 atom stereocenters. The first-order valence-corrected chi connectivity index (χ1v) is 10.9. The van der Waals surface area contributed by atoms with E-state index >= 15 is 0 Å². The molecule has 9 heteroatoms. The molecule has 2 aromatic rings. The highest BCUT2D eigenvalue weighted by Gasteiger charge is 2.23. The van der Waals surface area contributed by atoms with E-state index in [1.165, 1.54) is 26.1 Å². The van der Waals surface area contributed by atoms with E-state index < -0.39 is 0 Å². The standard InChI is InChI=1S/C18H24N4O3S2/c1-4-19-13(23)9-22(5-2)14(24)10-26-18-20-16-15(17(25)21(18)3)11-7-6-8-12(11)27-16/h4-10H2,1-3H3,(H,19,23). The Bertz CT molecular complexity index is 935. The fourth-order valence-electron chi connectivity index (χ4n) is 3.26. The second kappa shape index (κ2) is 8.43. The Kier molecular flexibility index (Phi) is 6.21. The summed E-state index contributed by atoms with van der Waals surface area (Å²) in [5.41, 5.74) is 1.12. The lowest BCUT2D eigenvalue weighted by molar-refractivity contribution is -0.133. The van der Waals surface area contributed by atoms with Gasteiger partial charge in [0.2, 0.25) is 11.8 Å². The molecule has 0 radical (unpaired) electrons. The zero-order valence-electron chi connectivity index (χ0n) is 15.8. The number of aryl methyl sites for hydroxylation is 2. The summed E-state index contributed by atoms with van der Waals surface area (Å²) in [5, 5.41) is 3.98. The van der Waals surface area contributed by atoms with Crippen molar-refractivity contribution in [3.8, 4) is 0 Å². The Labute approximate surface area is 166 Å². The molecule has 27 heavy (non-hydrogen) atoms. The third kappa shape index (κ3) is 4.03. The normalized spacial score (nSPS) is 13.0. The van der Waals surface area contributed by atoms with Crippen LogP contribution < -0.4 is 10.9 Å². The van der Waals surface area contributed by atoms with E-state index in [1.54, 1.807) is 18.4 Å². The van der Waals surface area contributed by atoms with Crippen molar-refractivity contribution in [2.45, 2.75) is 38.3 Å². The molecule has 2 aromatic heterocycles. The molecule has 2 heterocycles. The lowest BCUT2D eigenvalue weighted by Gasteiger charge is -2.20. The third-order valence-electron chi connectivity index (χ3n) is 4.67. The zero-order valence-corrected chi connectivity index (χ0v) is 17.5. The van der Waals surface area contributed by atoms with Crippen molar-refractivity contribution in [1.29, 1.82) is 0 Å². The summed E-state index contributed by atoms with van der Waals surface area (Å²) in [6, 6.07) is 0. The predicted molar refractivity (Wildman–Crippen MR) is 109 cm³/mol. The summed E-state index contributed by atoms with van der Waals surface area (Å²) in [7, 11) is 1.70. The highest BCUT2D eigenvalue weighted by molar-refractivity contribution is 7.99. The molecule has 0 fully saturated rings. The van der Waals surface area contributed by atoms with E-state index in [9.17, 15) is 14.4 Å². The van der Waals surface area contributed by atoms with Crippen molar-refractivity contribution in [3.63, 3.8) is 0 Å². The molecule has 0 unspecified atom stereocenters. The molecule has 2 amide bonds. The Morgan fingerprint density at radius 1 is 1.33 bits per heavy atom. The number of hydrogen-bond acceptors (Lipinski definition) is 6. The smallest absolute Gasteiger partial charge is 0.262 e. The van der Waals surface area contributed by atoms with Crippen LogP contribution in [0, 0.1) is 0 Å². The largest absolute Gasteiger partial charge is 0.355 e. The third-order valence-corrected chi connectivity index (χ3v) is 6.87. The number of carbonyl (C=O) groups excluding carboxylic acids is 2. The van der Waals surface area contributed by atoms with E-state index in [-0.39, 0.29) is 29.7 Å². The minimum Gasteiger partial charge on any atom is -0.355 e. The van der Waals surface area contributed by atoms with Gasteiger partial charge in [-0.05, 0) is 38.7 Å². The van der Waals surface area contributed by atoms with Gasteiger partial charge in [-0.15, -0.1) is 11.3 Å². The lowest BCUT2D eigenvalue weighted by Crippen LogP contribution is -2.41. The van der Waals surface area contributed by atoms with Crippen LogP contribution in [0.4, 0.5) is 0 Å². The Balaban J connectivity index is 1.75. The van der Waals surface area contributed by atoms with Gasteiger partial charge in [0, 0.05) is 25.0 Å².